The number of hydrogen-bond acceptors (Lipinski definition) is 0. The summed E-state index contributed by atoms with van der Waals surface area (Å²) in [5, 5.41) is 0. The number of fused-ring (bicyclic) bond motifs is 5. The second-order valence-corrected chi connectivity index (χ2v) is 14.8. The van der Waals surface area contributed by atoms with E-state index in [0.717, 1.165) is 41.4 Å². The second-order valence-electron chi connectivity index (χ2n) is 13.7. The average Bonchev–Trinajstić information content (AvgIpc) is 3.19. The van der Waals surface area contributed by atoms with Crippen molar-refractivity contribution >= 4 is 22.6 Å². The Labute approximate surface area is 235 Å². The van der Waals surface area contributed by atoms with E-state index in [0.29, 0.717) is 10.8 Å². The lowest BCUT2D eigenvalue weighted by atomic mass is 9.46. The molecule has 8 atom stereocenters. The minimum absolute atomic E-state index is 0.553. The predicted molar refractivity (Wildman–Crippen MR) is 167 cm³/mol. The van der Waals surface area contributed by atoms with Gasteiger partial charge in [-0.3, -0.25) is 0 Å². The Kier molecular flexibility index (Phi) is 13.2. The molecule has 1 heteroatoms. The van der Waals surface area contributed by atoms with Gasteiger partial charge >= 0.3 is 0 Å². The SMILES string of the molecule is CC.CC(C)CCC[C@@H](C)C1CCC2C3CC=C4CC(C)CC[C@]4(C)C3CC[C@@]21C.CCCCI. The molecule has 4 rings (SSSR count). The smallest absolute Gasteiger partial charge is 0.000483 e. The molecule has 0 aromatic carbocycles. The first-order valence-corrected chi connectivity index (χ1v) is 17.4. The zero-order valence-electron chi connectivity index (χ0n) is 25.4. The minimum Gasteiger partial charge on any atom is -0.0864 e. The molecule has 0 bridgehead atoms. The van der Waals surface area contributed by atoms with Crippen LogP contribution in [0.25, 0.3) is 0 Å². The van der Waals surface area contributed by atoms with Crippen LogP contribution < -0.4 is 0 Å². The molecule has 0 heterocycles. The number of allylic oxidation sites excluding steroid dienone is 2. The summed E-state index contributed by atoms with van der Waals surface area (Å²) in [6.07, 6.45) is 21.7. The van der Waals surface area contributed by atoms with Gasteiger partial charge in [-0.05, 0) is 114 Å². The summed E-state index contributed by atoms with van der Waals surface area (Å²) in [6, 6.07) is 0. The Bertz CT molecular complexity index is 633. The van der Waals surface area contributed by atoms with Crippen molar-refractivity contribution in [3.8, 4) is 0 Å². The zero-order chi connectivity index (χ0) is 26.2. The number of halogens is 1. The van der Waals surface area contributed by atoms with E-state index in [1.54, 1.807) is 0 Å². The number of alkyl halides is 1. The fourth-order valence-corrected chi connectivity index (χ4v) is 9.76. The molecule has 0 radical (unpaired) electrons. The Hall–Kier alpha value is 0.470. The maximum absolute atomic E-state index is 2.75. The lowest BCUT2D eigenvalue weighted by molar-refractivity contribution is -0.0523. The van der Waals surface area contributed by atoms with Gasteiger partial charge in [-0.2, -0.15) is 0 Å². The quantitative estimate of drug-likeness (QED) is 0.155. The number of unbranched alkanes of at least 4 members (excludes halogenated alkanes) is 1. The van der Waals surface area contributed by atoms with E-state index in [1.807, 2.05) is 19.4 Å². The van der Waals surface area contributed by atoms with Crippen LogP contribution in [0.2, 0.25) is 0 Å². The summed E-state index contributed by atoms with van der Waals surface area (Å²) >= 11 is 2.39. The fourth-order valence-electron chi connectivity index (χ4n) is 9.00. The Balaban J connectivity index is 0.000000551. The molecule has 0 spiro atoms. The van der Waals surface area contributed by atoms with Gasteiger partial charge in [0.15, 0.2) is 0 Å². The summed E-state index contributed by atoms with van der Waals surface area (Å²) < 4.78 is 1.31. The predicted octanol–water partition coefficient (Wildman–Crippen LogP) is 11.9. The lowest BCUT2D eigenvalue weighted by Crippen LogP contribution is -2.50. The zero-order valence-corrected chi connectivity index (χ0v) is 27.6. The standard InChI is InChI=1S/C28H48.C4H9I.C2H6/c1-19(2)8-7-9-21(4)24-12-13-25-23-11-10-22-18-20(3)14-16-27(22,5)26(23)15-17-28(24,25)6;1-2-3-4-5;1-2/h10,19-21,23-26H,7-9,11-18H2,1-6H3;2-4H2,1H3;1-2H3/t20?,21-,23?,24?,25?,26?,27+,28-;;/m1../s1. The number of hydrogen-bond donors (Lipinski definition) is 0. The highest BCUT2D eigenvalue weighted by atomic mass is 127. The maximum atomic E-state index is 2.75. The maximum Gasteiger partial charge on any atom is -0.000483 e. The third kappa shape index (κ3) is 7.32. The van der Waals surface area contributed by atoms with Crippen molar-refractivity contribution in [1.82, 2.24) is 0 Å². The molecule has 4 aliphatic carbocycles. The van der Waals surface area contributed by atoms with Crippen LogP contribution in [0, 0.1) is 52.3 Å². The van der Waals surface area contributed by atoms with E-state index in [9.17, 15) is 0 Å². The summed E-state index contributed by atoms with van der Waals surface area (Å²) in [5.74, 6) is 6.73. The third-order valence-electron chi connectivity index (χ3n) is 11.0. The molecule has 4 aliphatic rings. The van der Waals surface area contributed by atoms with Gasteiger partial charge in [0.2, 0.25) is 0 Å². The van der Waals surface area contributed by atoms with Crippen LogP contribution >= 0.6 is 22.6 Å². The van der Waals surface area contributed by atoms with Crippen LogP contribution in [-0.4, -0.2) is 4.43 Å². The molecule has 35 heavy (non-hydrogen) atoms. The first-order valence-electron chi connectivity index (χ1n) is 15.9. The minimum atomic E-state index is 0.553. The molecule has 3 fully saturated rings. The first-order chi connectivity index (χ1) is 16.7. The molecule has 0 aromatic heterocycles. The van der Waals surface area contributed by atoms with Crippen LogP contribution in [0.15, 0.2) is 11.6 Å². The van der Waals surface area contributed by atoms with Gasteiger partial charge in [0.05, 0.1) is 0 Å². The molecule has 0 aromatic rings. The van der Waals surface area contributed by atoms with E-state index in [-0.39, 0.29) is 0 Å². The Morgan fingerprint density at radius 2 is 1.66 bits per heavy atom. The Morgan fingerprint density at radius 1 is 0.943 bits per heavy atom. The van der Waals surface area contributed by atoms with E-state index >= 15 is 0 Å². The van der Waals surface area contributed by atoms with Crippen molar-refractivity contribution in [3.05, 3.63) is 11.6 Å². The molecule has 0 saturated heterocycles. The summed E-state index contributed by atoms with van der Waals surface area (Å²) in [6.45, 7) is 21.5. The van der Waals surface area contributed by atoms with Gasteiger partial charge in [0.1, 0.15) is 0 Å². The van der Waals surface area contributed by atoms with E-state index < -0.39 is 0 Å². The largest absolute Gasteiger partial charge is 0.0864 e. The van der Waals surface area contributed by atoms with Crippen molar-refractivity contribution in [2.24, 2.45) is 52.3 Å². The van der Waals surface area contributed by atoms with Crippen molar-refractivity contribution in [1.29, 1.82) is 0 Å². The van der Waals surface area contributed by atoms with E-state index in [2.05, 4.69) is 77.1 Å². The van der Waals surface area contributed by atoms with Gasteiger partial charge < -0.3 is 0 Å². The van der Waals surface area contributed by atoms with Crippen molar-refractivity contribution < 1.29 is 0 Å². The lowest BCUT2D eigenvalue weighted by Gasteiger charge is -2.58. The molecule has 5 unspecified atom stereocenters. The van der Waals surface area contributed by atoms with E-state index in [1.165, 1.54) is 87.9 Å². The molecule has 0 N–H and O–H groups in total. The fraction of sp³-hybridized carbons (Fsp3) is 0.941. The highest BCUT2D eigenvalue weighted by Crippen LogP contribution is 2.67. The van der Waals surface area contributed by atoms with Gasteiger partial charge in [-0.25, -0.2) is 0 Å². The highest BCUT2D eigenvalue weighted by Gasteiger charge is 2.58. The first kappa shape index (κ1) is 31.7. The topological polar surface area (TPSA) is 0 Å². The normalized spacial score (nSPS) is 38.6. The van der Waals surface area contributed by atoms with E-state index in [4.69, 9.17) is 0 Å². The molecule has 0 aliphatic heterocycles. The summed E-state index contributed by atoms with van der Waals surface area (Å²) in [5.41, 5.74) is 3.06. The van der Waals surface area contributed by atoms with Crippen LogP contribution in [0.4, 0.5) is 0 Å². The average molecular weight is 599 g/mol. The molecule has 0 amide bonds. The van der Waals surface area contributed by atoms with Crippen molar-refractivity contribution in [2.45, 2.75) is 146 Å². The van der Waals surface area contributed by atoms with Crippen LogP contribution in [0.3, 0.4) is 0 Å². The molecule has 206 valence electrons. The molecular weight excluding hydrogens is 535 g/mol. The van der Waals surface area contributed by atoms with Gasteiger partial charge in [0, 0.05) is 0 Å². The van der Waals surface area contributed by atoms with Crippen molar-refractivity contribution in [2.75, 3.05) is 4.43 Å². The van der Waals surface area contributed by atoms with Gasteiger partial charge in [0.25, 0.3) is 0 Å². The summed E-state index contributed by atoms with van der Waals surface area (Å²) in [4.78, 5) is 0. The van der Waals surface area contributed by atoms with Crippen LogP contribution in [-0.2, 0) is 0 Å². The van der Waals surface area contributed by atoms with Crippen LogP contribution in [0.5, 0.6) is 0 Å². The van der Waals surface area contributed by atoms with Crippen LogP contribution in [0.1, 0.15) is 146 Å². The number of rotatable bonds is 7. The second kappa shape index (κ2) is 14.6. The molecule has 0 nitrogen and oxygen atoms in total. The Morgan fingerprint density at radius 3 is 2.26 bits per heavy atom. The third-order valence-corrected chi connectivity index (χ3v) is 11.8. The molecule has 3 saturated carbocycles. The summed E-state index contributed by atoms with van der Waals surface area (Å²) in [7, 11) is 0. The molecular formula is C34H63I. The highest BCUT2D eigenvalue weighted by molar-refractivity contribution is 14.1. The van der Waals surface area contributed by atoms with Crippen molar-refractivity contribution in [3.63, 3.8) is 0 Å². The van der Waals surface area contributed by atoms with Gasteiger partial charge in [-0.15, -0.1) is 0 Å². The van der Waals surface area contributed by atoms with Gasteiger partial charge in [-0.1, -0.05) is 122 Å². The monoisotopic (exact) mass is 598 g/mol.